The fourth-order valence-electron chi connectivity index (χ4n) is 8.04. The van der Waals surface area contributed by atoms with E-state index in [9.17, 15) is 14.4 Å². The Labute approximate surface area is 368 Å². The van der Waals surface area contributed by atoms with E-state index in [-0.39, 0.29) is 31.1 Å². The van der Waals surface area contributed by atoms with Crippen LogP contribution in [-0.4, -0.2) is 37.2 Å². The largest absolute Gasteiger partial charge is 0.462 e. The lowest BCUT2D eigenvalue weighted by Crippen LogP contribution is -2.30. The highest BCUT2D eigenvalue weighted by atomic mass is 16.6. The molecule has 0 fully saturated rings. The summed E-state index contributed by atoms with van der Waals surface area (Å²) in [4.78, 5) is 37.9. The molecule has 350 valence electrons. The lowest BCUT2D eigenvalue weighted by molar-refractivity contribution is -0.167. The average Bonchev–Trinajstić information content (AvgIpc) is 3.22. The van der Waals surface area contributed by atoms with Crippen LogP contribution < -0.4 is 0 Å². The minimum absolute atomic E-state index is 0.0625. The Morgan fingerprint density at radius 2 is 0.559 bits per heavy atom. The summed E-state index contributed by atoms with van der Waals surface area (Å²) in [6.07, 6.45) is 49.4. The third kappa shape index (κ3) is 47.3. The third-order valence-electron chi connectivity index (χ3n) is 12.0. The van der Waals surface area contributed by atoms with Crippen LogP contribution in [0, 0.1) is 5.92 Å². The van der Waals surface area contributed by atoms with Gasteiger partial charge in [-0.25, -0.2) is 0 Å². The first-order valence-electron chi connectivity index (χ1n) is 26.4. The predicted octanol–water partition coefficient (Wildman–Crippen LogP) is 17.1. The summed E-state index contributed by atoms with van der Waals surface area (Å²) in [5, 5.41) is 0. The summed E-state index contributed by atoms with van der Waals surface area (Å²) in [6, 6.07) is 0. The van der Waals surface area contributed by atoms with Gasteiger partial charge in [-0.15, -0.1) is 0 Å². The average molecular weight is 835 g/mol. The maximum atomic E-state index is 12.8. The first-order valence-corrected chi connectivity index (χ1v) is 26.4. The number of rotatable bonds is 48. The lowest BCUT2D eigenvalue weighted by Gasteiger charge is -2.18. The van der Waals surface area contributed by atoms with Gasteiger partial charge in [0.05, 0.1) is 0 Å². The quantitative estimate of drug-likeness (QED) is 0.0345. The summed E-state index contributed by atoms with van der Waals surface area (Å²) in [6.45, 7) is 9.03. The first kappa shape index (κ1) is 57.4. The topological polar surface area (TPSA) is 78.9 Å². The van der Waals surface area contributed by atoms with Gasteiger partial charge in [-0.2, -0.15) is 0 Å². The number of carbonyl (C=O) groups is 3. The van der Waals surface area contributed by atoms with E-state index in [0.29, 0.717) is 19.3 Å². The van der Waals surface area contributed by atoms with Crippen LogP contribution in [0.25, 0.3) is 0 Å². The molecule has 0 saturated carbocycles. The fourth-order valence-corrected chi connectivity index (χ4v) is 8.04. The third-order valence-corrected chi connectivity index (χ3v) is 12.0. The Hall–Kier alpha value is -1.59. The van der Waals surface area contributed by atoms with Crippen molar-refractivity contribution in [2.24, 2.45) is 5.92 Å². The van der Waals surface area contributed by atoms with Gasteiger partial charge >= 0.3 is 17.9 Å². The van der Waals surface area contributed by atoms with Crippen LogP contribution in [0.3, 0.4) is 0 Å². The number of hydrogen-bond acceptors (Lipinski definition) is 6. The molecule has 6 nitrogen and oxygen atoms in total. The second-order valence-electron chi connectivity index (χ2n) is 18.6. The first-order chi connectivity index (χ1) is 28.9. The molecule has 1 atom stereocenters. The molecule has 0 aromatic heterocycles. The molecule has 0 spiro atoms. The molecule has 0 amide bonds. The van der Waals surface area contributed by atoms with Crippen LogP contribution in [0.15, 0.2) is 0 Å². The van der Waals surface area contributed by atoms with Gasteiger partial charge in [0.25, 0.3) is 0 Å². The van der Waals surface area contributed by atoms with Gasteiger partial charge in [-0.1, -0.05) is 259 Å². The van der Waals surface area contributed by atoms with Gasteiger partial charge in [-0.05, 0) is 25.2 Å². The van der Waals surface area contributed by atoms with E-state index in [1.165, 1.54) is 193 Å². The van der Waals surface area contributed by atoms with Crippen LogP contribution in [-0.2, 0) is 28.6 Å². The van der Waals surface area contributed by atoms with Crippen molar-refractivity contribution >= 4 is 17.9 Å². The van der Waals surface area contributed by atoms with E-state index in [0.717, 1.165) is 63.7 Å². The molecule has 0 heterocycles. The van der Waals surface area contributed by atoms with Crippen molar-refractivity contribution in [3.05, 3.63) is 0 Å². The minimum Gasteiger partial charge on any atom is -0.462 e. The van der Waals surface area contributed by atoms with Crippen molar-refractivity contribution in [2.75, 3.05) is 13.2 Å². The van der Waals surface area contributed by atoms with Gasteiger partial charge in [0.1, 0.15) is 13.2 Å². The zero-order valence-electron chi connectivity index (χ0n) is 40.2. The molecule has 0 aliphatic rings. The highest BCUT2D eigenvalue weighted by Gasteiger charge is 2.19. The van der Waals surface area contributed by atoms with E-state index in [4.69, 9.17) is 14.2 Å². The Kier molecular flexibility index (Phi) is 46.2. The zero-order chi connectivity index (χ0) is 43.1. The van der Waals surface area contributed by atoms with E-state index in [2.05, 4.69) is 27.7 Å². The maximum Gasteiger partial charge on any atom is 0.306 e. The summed E-state index contributed by atoms with van der Waals surface area (Å²) in [7, 11) is 0. The van der Waals surface area contributed by atoms with Crippen molar-refractivity contribution < 1.29 is 28.6 Å². The fraction of sp³-hybridized carbons (Fsp3) is 0.943. The van der Waals surface area contributed by atoms with Crippen LogP contribution in [0.2, 0.25) is 0 Å². The summed E-state index contributed by atoms with van der Waals surface area (Å²) < 4.78 is 16.8. The summed E-state index contributed by atoms with van der Waals surface area (Å²) in [5.74, 6) is -0.00300. The van der Waals surface area contributed by atoms with Crippen molar-refractivity contribution in [3.8, 4) is 0 Å². The molecule has 0 aromatic carbocycles. The van der Waals surface area contributed by atoms with Gasteiger partial charge in [0, 0.05) is 19.3 Å². The molecule has 0 saturated heterocycles. The number of unbranched alkanes of at least 4 members (excludes halogenated alkanes) is 35. The molecule has 0 bridgehead atoms. The maximum absolute atomic E-state index is 12.8. The molecule has 0 aliphatic carbocycles. The normalized spacial score (nSPS) is 11.9. The van der Waals surface area contributed by atoms with Gasteiger partial charge in [-0.3, -0.25) is 14.4 Å². The number of carbonyl (C=O) groups excluding carboxylic acids is 3. The SMILES string of the molecule is CCCCCCCCCCCCCCCCC(=O)O[C@@H](COC(=O)CCCCCCCCCCCCC)COC(=O)CCCCCCCCCCCCCCCC(C)C. The molecule has 0 aromatic rings. The highest BCUT2D eigenvalue weighted by molar-refractivity contribution is 5.71. The van der Waals surface area contributed by atoms with E-state index < -0.39 is 6.10 Å². The van der Waals surface area contributed by atoms with E-state index in [1.807, 2.05) is 0 Å². The second-order valence-corrected chi connectivity index (χ2v) is 18.6. The molecule has 0 rings (SSSR count). The Bertz CT molecular complexity index is 887. The summed E-state index contributed by atoms with van der Waals surface area (Å²) >= 11 is 0. The Balaban J connectivity index is 4.29. The Morgan fingerprint density at radius 3 is 0.831 bits per heavy atom. The molecule has 0 radical (unpaired) electrons. The zero-order valence-corrected chi connectivity index (χ0v) is 40.2. The summed E-state index contributed by atoms with van der Waals surface area (Å²) in [5.41, 5.74) is 0. The Morgan fingerprint density at radius 1 is 0.322 bits per heavy atom. The predicted molar refractivity (Wildman–Crippen MR) is 252 cm³/mol. The van der Waals surface area contributed by atoms with Gasteiger partial charge in [0.15, 0.2) is 6.10 Å². The molecule has 6 heteroatoms. The monoisotopic (exact) mass is 835 g/mol. The lowest BCUT2D eigenvalue weighted by atomic mass is 10.0. The van der Waals surface area contributed by atoms with Crippen LogP contribution in [0.5, 0.6) is 0 Å². The molecule has 0 unspecified atom stereocenters. The smallest absolute Gasteiger partial charge is 0.306 e. The molecular formula is C53H102O6. The molecule has 59 heavy (non-hydrogen) atoms. The number of hydrogen-bond donors (Lipinski definition) is 0. The minimum atomic E-state index is -0.760. The van der Waals surface area contributed by atoms with Gasteiger partial charge < -0.3 is 14.2 Å². The van der Waals surface area contributed by atoms with Crippen molar-refractivity contribution in [1.82, 2.24) is 0 Å². The highest BCUT2D eigenvalue weighted by Crippen LogP contribution is 2.17. The van der Waals surface area contributed by atoms with E-state index in [1.54, 1.807) is 0 Å². The van der Waals surface area contributed by atoms with Crippen molar-refractivity contribution in [2.45, 2.75) is 303 Å². The standard InChI is InChI=1S/C53H102O6/c1-5-7-9-11-13-15-17-18-21-26-30-34-38-42-46-53(56)59-50(47-57-51(54)44-40-36-32-28-23-16-14-12-10-8-6-2)48-58-52(55)45-41-37-33-29-25-22-19-20-24-27-31-35-39-43-49(3)4/h49-50H,5-48H2,1-4H3/t50-/m0/s1. The number of esters is 3. The number of ether oxygens (including phenoxy) is 3. The van der Waals surface area contributed by atoms with Crippen LogP contribution in [0.1, 0.15) is 297 Å². The van der Waals surface area contributed by atoms with Crippen molar-refractivity contribution in [1.29, 1.82) is 0 Å². The van der Waals surface area contributed by atoms with Crippen LogP contribution >= 0.6 is 0 Å². The molecular weight excluding hydrogens is 733 g/mol. The van der Waals surface area contributed by atoms with Crippen LogP contribution in [0.4, 0.5) is 0 Å². The van der Waals surface area contributed by atoms with Crippen molar-refractivity contribution in [3.63, 3.8) is 0 Å². The second kappa shape index (κ2) is 47.5. The molecule has 0 aliphatic heterocycles. The van der Waals surface area contributed by atoms with E-state index >= 15 is 0 Å². The van der Waals surface area contributed by atoms with Gasteiger partial charge in [0.2, 0.25) is 0 Å². The molecule has 0 N–H and O–H groups in total.